The monoisotopic (exact) mass is 310 g/mol. The average molecular weight is 310 g/mol. The van der Waals surface area contributed by atoms with Gasteiger partial charge in [-0.15, -0.1) is 10.2 Å². The molecule has 0 aromatic carbocycles. The Morgan fingerprint density at radius 3 is 2.50 bits per heavy atom. The lowest BCUT2D eigenvalue weighted by Crippen LogP contribution is -2.47. The molecule has 0 spiro atoms. The van der Waals surface area contributed by atoms with Crippen LogP contribution < -0.4 is 0 Å². The lowest BCUT2D eigenvalue weighted by molar-refractivity contribution is -0.0837. The van der Waals surface area contributed by atoms with Crippen molar-refractivity contribution in [1.29, 1.82) is 0 Å². The highest BCUT2D eigenvalue weighted by Gasteiger charge is 2.34. The second-order valence-corrected chi connectivity index (χ2v) is 7.06. The van der Waals surface area contributed by atoms with Crippen LogP contribution in [0.25, 0.3) is 0 Å². The van der Waals surface area contributed by atoms with Crippen molar-refractivity contribution >= 4 is 6.09 Å². The van der Waals surface area contributed by atoms with Crippen molar-refractivity contribution in [3.8, 4) is 0 Å². The molecule has 0 saturated carbocycles. The Morgan fingerprint density at radius 2 is 2.00 bits per heavy atom. The van der Waals surface area contributed by atoms with E-state index in [0.717, 1.165) is 18.7 Å². The molecule has 7 nitrogen and oxygen atoms in total. The number of aryl methyl sites for hydroxylation is 1. The van der Waals surface area contributed by atoms with Gasteiger partial charge in [0.15, 0.2) is 5.82 Å². The minimum absolute atomic E-state index is 0.246. The number of amides is 1. The summed E-state index contributed by atoms with van der Waals surface area (Å²) in [6.45, 7) is 9.43. The van der Waals surface area contributed by atoms with Crippen molar-refractivity contribution in [3.63, 3.8) is 0 Å². The first kappa shape index (κ1) is 16.7. The Kier molecular flexibility index (Phi) is 4.75. The molecular weight excluding hydrogens is 284 g/mol. The molecule has 1 aromatic heterocycles. The van der Waals surface area contributed by atoms with E-state index in [1.165, 1.54) is 0 Å². The summed E-state index contributed by atoms with van der Waals surface area (Å²) in [7, 11) is 1.89. The standard InChI is InChI=1S/C15H26N4O3/c1-14(2,3)22-13(20)19-8-6-15(4,7-9-19)21-10-12-17-16-11-18(12)5/h11H,6-10H2,1-5H3. The van der Waals surface area contributed by atoms with E-state index in [1.54, 1.807) is 11.2 Å². The lowest BCUT2D eigenvalue weighted by atomic mass is 9.93. The van der Waals surface area contributed by atoms with Gasteiger partial charge in [0.25, 0.3) is 0 Å². The normalized spacial score (nSPS) is 18.3. The van der Waals surface area contributed by atoms with Gasteiger partial charge in [-0.3, -0.25) is 0 Å². The molecule has 1 amide bonds. The van der Waals surface area contributed by atoms with Gasteiger partial charge < -0.3 is 18.9 Å². The molecule has 124 valence electrons. The molecule has 0 N–H and O–H groups in total. The van der Waals surface area contributed by atoms with Crippen LogP contribution in [-0.2, 0) is 23.1 Å². The molecule has 2 heterocycles. The Bertz CT molecular complexity index is 513. The summed E-state index contributed by atoms with van der Waals surface area (Å²) < 4.78 is 13.3. The van der Waals surface area contributed by atoms with Gasteiger partial charge in [0.2, 0.25) is 0 Å². The highest BCUT2D eigenvalue weighted by atomic mass is 16.6. The second kappa shape index (κ2) is 6.24. The number of nitrogens with zero attached hydrogens (tertiary/aromatic N) is 4. The fraction of sp³-hybridized carbons (Fsp3) is 0.800. The number of hydrogen-bond donors (Lipinski definition) is 0. The Labute approximate surface area is 131 Å². The average Bonchev–Trinajstić information content (AvgIpc) is 2.81. The topological polar surface area (TPSA) is 69.5 Å². The largest absolute Gasteiger partial charge is 0.444 e. The summed E-state index contributed by atoms with van der Waals surface area (Å²) in [5.74, 6) is 0.802. The van der Waals surface area contributed by atoms with Gasteiger partial charge in [-0.25, -0.2) is 4.79 Å². The molecule has 1 saturated heterocycles. The minimum atomic E-state index is -0.459. The number of ether oxygens (including phenoxy) is 2. The van der Waals surface area contributed by atoms with E-state index in [0.29, 0.717) is 19.7 Å². The van der Waals surface area contributed by atoms with E-state index < -0.39 is 5.60 Å². The van der Waals surface area contributed by atoms with E-state index in [-0.39, 0.29) is 11.7 Å². The number of carbonyl (C=O) groups is 1. The number of piperidine rings is 1. The van der Waals surface area contributed by atoms with Crippen molar-refractivity contribution in [3.05, 3.63) is 12.2 Å². The summed E-state index contributed by atoms with van der Waals surface area (Å²) in [6.07, 6.45) is 2.98. The molecule has 0 radical (unpaired) electrons. The molecule has 2 rings (SSSR count). The highest BCUT2D eigenvalue weighted by molar-refractivity contribution is 5.68. The van der Waals surface area contributed by atoms with Gasteiger partial charge in [-0.2, -0.15) is 0 Å². The molecule has 0 unspecified atom stereocenters. The SMILES string of the molecule is Cn1cnnc1COC1(C)CCN(C(=O)OC(C)(C)C)CC1. The first-order valence-electron chi connectivity index (χ1n) is 7.63. The predicted molar refractivity (Wildman–Crippen MR) is 81.2 cm³/mol. The second-order valence-electron chi connectivity index (χ2n) is 7.06. The van der Waals surface area contributed by atoms with Crippen molar-refractivity contribution in [2.45, 2.75) is 58.3 Å². The molecule has 7 heteroatoms. The van der Waals surface area contributed by atoms with Crippen molar-refractivity contribution < 1.29 is 14.3 Å². The number of carbonyl (C=O) groups excluding carboxylic acids is 1. The molecule has 0 aliphatic carbocycles. The summed E-state index contributed by atoms with van der Waals surface area (Å²) in [4.78, 5) is 13.8. The fourth-order valence-corrected chi connectivity index (χ4v) is 2.31. The Hall–Kier alpha value is -1.63. The Balaban J connectivity index is 1.83. The summed E-state index contributed by atoms with van der Waals surface area (Å²) in [5, 5.41) is 7.86. The van der Waals surface area contributed by atoms with Crippen LogP contribution in [0.15, 0.2) is 6.33 Å². The molecule has 1 fully saturated rings. The van der Waals surface area contributed by atoms with Crippen LogP contribution in [0, 0.1) is 0 Å². The number of aromatic nitrogens is 3. The predicted octanol–water partition coefficient (Wildman–Crippen LogP) is 2.12. The zero-order chi connectivity index (χ0) is 16.4. The van der Waals surface area contributed by atoms with E-state index in [4.69, 9.17) is 9.47 Å². The van der Waals surface area contributed by atoms with Gasteiger partial charge in [0, 0.05) is 20.1 Å². The van der Waals surface area contributed by atoms with Crippen molar-refractivity contribution in [2.24, 2.45) is 7.05 Å². The summed E-state index contributed by atoms with van der Waals surface area (Å²) in [5.41, 5.74) is -0.704. The molecular formula is C15H26N4O3. The third kappa shape index (κ3) is 4.43. The first-order valence-corrected chi connectivity index (χ1v) is 7.63. The molecule has 1 aliphatic heterocycles. The van der Waals surface area contributed by atoms with Gasteiger partial charge >= 0.3 is 6.09 Å². The fourth-order valence-electron chi connectivity index (χ4n) is 2.31. The summed E-state index contributed by atoms with van der Waals surface area (Å²) >= 11 is 0. The van der Waals surface area contributed by atoms with Crippen LogP contribution in [0.5, 0.6) is 0 Å². The van der Waals surface area contributed by atoms with E-state index >= 15 is 0 Å². The lowest BCUT2D eigenvalue weighted by Gasteiger charge is -2.39. The minimum Gasteiger partial charge on any atom is -0.444 e. The Morgan fingerprint density at radius 1 is 1.36 bits per heavy atom. The molecule has 22 heavy (non-hydrogen) atoms. The van der Waals surface area contributed by atoms with Gasteiger partial charge in [-0.1, -0.05) is 0 Å². The van der Waals surface area contributed by atoms with E-state index in [2.05, 4.69) is 17.1 Å². The van der Waals surface area contributed by atoms with Crippen LogP contribution in [0.4, 0.5) is 4.79 Å². The van der Waals surface area contributed by atoms with Crippen molar-refractivity contribution in [2.75, 3.05) is 13.1 Å². The van der Waals surface area contributed by atoms with E-state index in [1.807, 2.05) is 32.4 Å². The third-order valence-corrected chi connectivity index (χ3v) is 3.83. The maximum absolute atomic E-state index is 12.1. The zero-order valence-corrected chi connectivity index (χ0v) is 14.1. The maximum atomic E-state index is 12.1. The molecule has 0 bridgehead atoms. The molecule has 1 aromatic rings. The van der Waals surface area contributed by atoms with Crippen LogP contribution in [0.1, 0.15) is 46.4 Å². The van der Waals surface area contributed by atoms with Crippen molar-refractivity contribution in [1.82, 2.24) is 19.7 Å². The first-order chi connectivity index (χ1) is 10.2. The van der Waals surface area contributed by atoms with Crippen LogP contribution in [0.3, 0.4) is 0 Å². The maximum Gasteiger partial charge on any atom is 0.410 e. The van der Waals surface area contributed by atoms with Crippen LogP contribution in [0.2, 0.25) is 0 Å². The smallest absolute Gasteiger partial charge is 0.410 e. The van der Waals surface area contributed by atoms with Gasteiger partial charge in [0.1, 0.15) is 18.5 Å². The third-order valence-electron chi connectivity index (χ3n) is 3.83. The molecule has 0 atom stereocenters. The van der Waals surface area contributed by atoms with Crippen LogP contribution >= 0.6 is 0 Å². The highest BCUT2D eigenvalue weighted by Crippen LogP contribution is 2.27. The quantitative estimate of drug-likeness (QED) is 0.855. The van der Waals surface area contributed by atoms with Gasteiger partial charge in [0.05, 0.1) is 5.60 Å². The number of rotatable bonds is 3. The van der Waals surface area contributed by atoms with Crippen LogP contribution in [-0.4, -0.2) is 50.0 Å². The molecule has 1 aliphatic rings. The van der Waals surface area contributed by atoms with Gasteiger partial charge in [-0.05, 0) is 40.5 Å². The zero-order valence-electron chi connectivity index (χ0n) is 14.1. The summed E-state index contributed by atoms with van der Waals surface area (Å²) in [6, 6.07) is 0. The van der Waals surface area contributed by atoms with E-state index in [9.17, 15) is 4.79 Å². The number of likely N-dealkylation sites (tertiary alicyclic amines) is 1. The number of hydrogen-bond acceptors (Lipinski definition) is 5.